The van der Waals surface area contributed by atoms with Crippen molar-refractivity contribution >= 4 is 11.6 Å². The van der Waals surface area contributed by atoms with E-state index in [1.807, 2.05) is 31.2 Å². The van der Waals surface area contributed by atoms with Crippen LogP contribution in [0, 0.1) is 6.92 Å². The van der Waals surface area contributed by atoms with E-state index in [0.717, 1.165) is 23.4 Å². The van der Waals surface area contributed by atoms with Crippen LogP contribution in [0.2, 0.25) is 5.02 Å². The Kier molecular flexibility index (Phi) is 4.99. The smallest absolute Gasteiger partial charge is 0.150 e. The van der Waals surface area contributed by atoms with Crippen LogP contribution in [0.3, 0.4) is 0 Å². The molecule has 20 heavy (non-hydrogen) atoms. The number of aryl methyl sites for hydroxylation is 1. The second-order valence-corrected chi connectivity index (χ2v) is 5.46. The van der Waals surface area contributed by atoms with Crippen LogP contribution in [-0.4, -0.2) is 11.0 Å². The third-order valence-electron chi connectivity index (χ3n) is 2.88. The average molecular weight is 291 g/mol. The number of hydrogen-bond acceptors (Lipinski definition) is 3. The number of aromatic nitrogens is 1. The molecule has 1 aromatic carbocycles. The van der Waals surface area contributed by atoms with Gasteiger partial charge in [-0.25, -0.2) is 0 Å². The lowest BCUT2D eigenvalue weighted by Crippen LogP contribution is -2.22. The van der Waals surface area contributed by atoms with Crippen molar-refractivity contribution in [2.75, 3.05) is 0 Å². The third-order valence-corrected chi connectivity index (χ3v) is 3.19. The van der Waals surface area contributed by atoms with Crippen molar-refractivity contribution in [1.29, 1.82) is 0 Å². The zero-order valence-corrected chi connectivity index (χ0v) is 12.7. The standard InChI is InChI=1S/C16H19ClN2O/c1-11(2)19-9-13-6-7-18-10-16(13)20-15-8-12(3)4-5-14(15)17/h4-8,10-11,19H,9H2,1-3H3. The predicted octanol–water partition coefficient (Wildman–Crippen LogP) is 4.33. The fraction of sp³-hybridized carbons (Fsp3) is 0.312. The Morgan fingerprint density at radius 2 is 2.05 bits per heavy atom. The predicted molar refractivity (Wildman–Crippen MR) is 82.5 cm³/mol. The van der Waals surface area contributed by atoms with Crippen molar-refractivity contribution in [3.63, 3.8) is 0 Å². The molecule has 2 aromatic rings. The Balaban J connectivity index is 2.22. The molecule has 0 unspecified atom stereocenters. The maximum atomic E-state index is 6.16. The van der Waals surface area contributed by atoms with Crippen molar-refractivity contribution in [2.24, 2.45) is 0 Å². The first-order valence-corrected chi connectivity index (χ1v) is 7.04. The monoisotopic (exact) mass is 290 g/mol. The van der Waals surface area contributed by atoms with Gasteiger partial charge in [-0.3, -0.25) is 4.98 Å². The topological polar surface area (TPSA) is 34.1 Å². The summed E-state index contributed by atoms with van der Waals surface area (Å²) in [6, 6.07) is 8.09. The van der Waals surface area contributed by atoms with Gasteiger partial charge in [-0.15, -0.1) is 0 Å². The molecule has 0 radical (unpaired) electrons. The second-order valence-electron chi connectivity index (χ2n) is 5.05. The molecule has 4 heteroatoms. The number of rotatable bonds is 5. The molecule has 0 atom stereocenters. The van der Waals surface area contributed by atoms with Gasteiger partial charge in [-0.2, -0.15) is 0 Å². The Labute approximate surface area is 124 Å². The molecule has 0 aliphatic carbocycles. The SMILES string of the molecule is Cc1ccc(Cl)c(Oc2cnccc2CNC(C)C)c1. The van der Waals surface area contributed by atoms with Gasteiger partial charge in [0.05, 0.1) is 11.2 Å². The Bertz CT molecular complexity index is 584. The molecule has 106 valence electrons. The average Bonchev–Trinajstić information content (AvgIpc) is 2.42. The minimum Gasteiger partial charge on any atom is -0.454 e. The highest BCUT2D eigenvalue weighted by Gasteiger charge is 2.08. The molecule has 1 heterocycles. The summed E-state index contributed by atoms with van der Waals surface area (Å²) in [5.41, 5.74) is 2.17. The number of nitrogens with one attached hydrogen (secondary N) is 1. The van der Waals surface area contributed by atoms with Gasteiger partial charge >= 0.3 is 0 Å². The van der Waals surface area contributed by atoms with Crippen LogP contribution >= 0.6 is 11.6 Å². The Hall–Kier alpha value is -1.58. The normalized spacial score (nSPS) is 10.8. The number of benzene rings is 1. The maximum absolute atomic E-state index is 6.16. The van der Waals surface area contributed by atoms with Crippen LogP contribution < -0.4 is 10.1 Å². The van der Waals surface area contributed by atoms with E-state index in [1.54, 1.807) is 12.4 Å². The number of pyridine rings is 1. The molecule has 0 amide bonds. The minimum absolute atomic E-state index is 0.415. The van der Waals surface area contributed by atoms with Gasteiger partial charge in [0, 0.05) is 24.3 Å². The molecule has 0 fully saturated rings. The van der Waals surface area contributed by atoms with E-state index in [1.165, 1.54) is 0 Å². The highest BCUT2D eigenvalue weighted by molar-refractivity contribution is 6.32. The summed E-state index contributed by atoms with van der Waals surface area (Å²) in [6.07, 6.45) is 3.48. The highest BCUT2D eigenvalue weighted by atomic mass is 35.5. The van der Waals surface area contributed by atoms with Crippen molar-refractivity contribution in [1.82, 2.24) is 10.3 Å². The van der Waals surface area contributed by atoms with Crippen molar-refractivity contribution in [3.05, 3.63) is 52.8 Å². The first kappa shape index (κ1) is 14.8. The lowest BCUT2D eigenvalue weighted by molar-refractivity contribution is 0.467. The molecule has 0 bridgehead atoms. The first-order chi connectivity index (χ1) is 9.56. The summed E-state index contributed by atoms with van der Waals surface area (Å²) in [5.74, 6) is 1.39. The van der Waals surface area contributed by atoms with Crippen LogP contribution in [-0.2, 0) is 6.54 Å². The Morgan fingerprint density at radius 1 is 1.25 bits per heavy atom. The van der Waals surface area contributed by atoms with Crippen LogP contribution in [0.1, 0.15) is 25.0 Å². The molecule has 1 aromatic heterocycles. The zero-order chi connectivity index (χ0) is 14.5. The van der Waals surface area contributed by atoms with Gasteiger partial charge in [-0.05, 0) is 30.7 Å². The molecule has 1 N–H and O–H groups in total. The van der Waals surface area contributed by atoms with E-state index in [4.69, 9.17) is 16.3 Å². The highest BCUT2D eigenvalue weighted by Crippen LogP contribution is 2.31. The molecule has 0 spiro atoms. The minimum atomic E-state index is 0.415. The largest absolute Gasteiger partial charge is 0.454 e. The molecule has 3 nitrogen and oxygen atoms in total. The second kappa shape index (κ2) is 6.73. The number of nitrogens with zero attached hydrogens (tertiary/aromatic N) is 1. The number of halogens is 1. The van der Waals surface area contributed by atoms with Gasteiger partial charge in [0.15, 0.2) is 0 Å². The van der Waals surface area contributed by atoms with Crippen molar-refractivity contribution < 1.29 is 4.74 Å². The fourth-order valence-corrected chi connectivity index (χ4v) is 1.92. The van der Waals surface area contributed by atoms with E-state index >= 15 is 0 Å². The summed E-state index contributed by atoms with van der Waals surface area (Å²) in [6.45, 7) is 6.96. The Morgan fingerprint density at radius 3 is 2.80 bits per heavy atom. The number of ether oxygens (including phenoxy) is 1. The van der Waals surface area contributed by atoms with Crippen LogP contribution in [0.4, 0.5) is 0 Å². The molecule has 2 rings (SSSR count). The summed E-state index contributed by atoms with van der Waals surface area (Å²) < 4.78 is 5.92. The van der Waals surface area contributed by atoms with E-state index < -0.39 is 0 Å². The fourth-order valence-electron chi connectivity index (χ4n) is 1.77. The van der Waals surface area contributed by atoms with E-state index in [-0.39, 0.29) is 0 Å². The van der Waals surface area contributed by atoms with Crippen LogP contribution in [0.5, 0.6) is 11.5 Å². The van der Waals surface area contributed by atoms with E-state index in [2.05, 4.69) is 24.1 Å². The molecule has 0 aliphatic heterocycles. The van der Waals surface area contributed by atoms with Gasteiger partial charge in [0.1, 0.15) is 11.5 Å². The van der Waals surface area contributed by atoms with Crippen molar-refractivity contribution in [3.8, 4) is 11.5 Å². The first-order valence-electron chi connectivity index (χ1n) is 6.66. The lowest BCUT2D eigenvalue weighted by Gasteiger charge is -2.14. The molecule has 0 saturated heterocycles. The zero-order valence-electron chi connectivity index (χ0n) is 12.0. The molecular weight excluding hydrogens is 272 g/mol. The van der Waals surface area contributed by atoms with Gasteiger partial charge < -0.3 is 10.1 Å². The summed E-state index contributed by atoms with van der Waals surface area (Å²) in [5, 5.41) is 3.97. The van der Waals surface area contributed by atoms with Crippen LogP contribution in [0.15, 0.2) is 36.7 Å². The summed E-state index contributed by atoms with van der Waals surface area (Å²) in [4.78, 5) is 4.12. The molecular formula is C16H19ClN2O. The van der Waals surface area contributed by atoms with Gasteiger partial charge in [0.2, 0.25) is 0 Å². The lowest BCUT2D eigenvalue weighted by atomic mass is 10.2. The van der Waals surface area contributed by atoms with Crippen molar-refractivity contribution in [2.45, 2.75) is 33.4 Å². The van der Waals surface area contributed by atoms with Gasteiger partial charge in [0.25, 0.3) is 0 Å². The van der Waals surface area contributed by atoms with Crippen LogP contribution in [0.25, 0.3) is 0 Å². The van der Waals surface area contributed by atoms with Gasteiger partial charge in [-0.1, -0.05) is 31.5 Å². The molecule has 0 aliphatic rings. The summed E-state index contributed by atoms with van der Waals surface area (Å²) >= 11 is 6.16. The third kappa shape index (κ3) is 3.95. The molecule has 0 saturated carbocycles. The number of hydrogen-bond donors (Lipinski definition) is 1. The van der Waals surface area contributed by atoms with E-state index in [0.29, 0.717) is 16.8 Å². The quantitative estimate of drug-likeness (QED) is 0.890. The summed E-state index contributed by atoms with van der Waals surface area (Å²) in [7, 11) is 0. The maximum Gasteiger partial charge on any atom is 0.150 e. The van der Waals surface area contributed by atoms with E-state index in [9.17, 15) is 0 Å².